The number of carbonyl (C=O) groups excluding carboxylic acids is 1. The molecule has 0 unspecified atom stereocenters. The van der Waals surface area contributed by atoms with Crippen LogP contribution in [0, 0.1) is 16.7 Å². The van der Waals surface area contributed by atoms with Crippen molar-refractivity contribution in [3.05, 3.63) is 24.5 Å². The van der Waals surface area contributed by atoms with Gasteiger partial charge in [0.15, 0.2) is 0 Å². The van der Waals surface area contributed by atoms with Crippen LogP contribution in [0.4, 0.5) is 5.69 Å². The van der Waals surface area contributed by atoms with Crippen molar-refractivity contribution in [1.29, 1.82) is 5.26 Å². The minimum absolute atomic E-state index is 0.116. The van der Waals surface area contributed by atoms with Gasteiger partial charge in [0, 0.05) is 13.2 Å². The number of carbonyl (C=O) groups is 1. The maximum atomic E-state index is 12.2. The number of anilines is 1. The second-order valence-electron chi connectivity index (χ2n) is 4.12. The van der Waals surface area contributed by atoms with Crippen molar-refractivity contribution in [3.8, 4) is 6.07 Å². The van der Waals surface area contributed by atoms with Crippen LogP contribution in [0.3, 0.4) is 0 Å². The number of rotatable bonds is 2. The zero-order valence-corrected chi connectivity index (χ0v) is 9.18. The molecular formula is C12H13N3O. The molecule has 1 aliphatic rings. The summed E-state index contributed by atoms with van der Waals surface area (Å²) in [5.74, 6) is -0.116. The summed E-state index contributed by atoms with van der Waals surface area (Å²) < 4.78 is 0. The molecule has 0 aromatic carbocycles. The molecule has 0 bridgehead atoms. The minimum atomic E-state index is -0.787. The van der Waals surface area contributed by atoms with Crippen molar-refractivity contribution in [2.75, 3.05) is 11.9 Å². The van der Waals surface area contributed by atoms with Crippen molar-refractivity contribution < 1.29 is 4.79 Å². The second kappa shape index (κ2) is 3.93. The SMILES string of the molecule is CN(C(=O)C1(C#N)CCC1)c1cccnc1. The number of hydrogen-bond acceptors (Lipinski definition) is 3. The van der Waals surface area contributed by atoms with Crippen molar-refractivity contribution >= 4 is 11.6 Å². The van der Waals surface area contributed by atoms with E-state index in [2.05, 4.69) is 11.1 Å². The predicted molar refractivity (Wildman–Crippen MR) is 59.5 cm³/mol. The molecule has 4 nitrogen and oxygen atoms in total. The van der Waals surface area contributed by atoms with Crippen LogP contribution in [-0.4, -0.2) is 17.9 Å². The summed E-state index contributed by atoms with van der Waals surface area (Å²) in [6.07, 6.45) is 5.59. The van der Waals surface area contributed by atoms with E-state index < -0.39 is 5.41 Å². The molecule has 0 saturated heterocycles. The van der Waals surface area contributed by atoms with E-state index in [1.807, 2.05) is 6.07 Å². The molecule has 0 N–H and O–H groups in total. The first-order valence-corrected chi connectivity index (χ1v) is 5.29. The van der Waals surface area contributed by atoms with E-state index in [9.17, 15) is 4.79 Å². The lowest BCUT2D eigenvalue weighted by Gasteiger charge is -2.36. The molecular weight excluding hydrogens is 202 g/mol. The Balaban J connectivity index is 2.20. The smallest absolute Gasteiger partial charge is 0.247 e. The fourth-order valence-corrected chi connectivity index (χ4v) is 1.89. The molecule has 0 radical (unpaired) electrons. The normalized spacial score (nSPS) is 17.0. The lowest BCUT2D eigenvalue weighted by molar-refractivity contribution is -0.128. The quantitative estimate of drug-likeness (QED) is 0.755. The van der Waals surface area contributed by atoms with Crippen molar-refractivity contribution in [2.24, 2.45) is 5.41 Å². The molecule has 0 aliphatic heterocycles. The molecule has 16 heavy (non-hydrogen) atoms. The lowest BCUT2D eigenvalue weighted by Crippen LogP contribution is -2.45. The number of hydrogen-bond donors (Lipinski definition) is 0. The van der Waals surface area contributed by atoms with Gasteiger partial charge in [0.2, 0.25) is 5.91 Å². The van der Waals surface area contributed by atoms with Gasteiger partial charge in [-0.2, -0.15) is 5.26 Å². The van der Waals surface area contributed by atoms with Crippen LogP contribution in [0.5, 0.6) is 0 Å². The van der Waals surface area contributed by atoms with E-state index in [1.165, 1.54) is 4.90 Å². The monoisotopic (exact) mass is 215 g/mol. The number of pyridine rings is 1. The molecule has 1 aromatic heterocycles. The summed E-state index contributed by atoms with van der Waals surface area (Å²) in [5, 5.41) is 9.09. The minimum Gasteiger partial charge on any atom is -0.313 e. The topological polar surface area (TPSA) is 57.0 Å². The Hall–Kier alpha value is -1.89. The fraction of sp³-hybridized carbons (Fsp3) is 0.417. The van der Waals surface area contributed by atoms with Crippen LogP contribution >= 0.6 is 0 Å². The maximum absolute atomic E-state index is 12.2. The van der Waals surface area contributed by atoms with E-state index in [0.717, 1.165) is 12.1 Å². The highest BCUT2D eigenvalue weighted by atomic mass is 16.2. The van der Waals surface area contributed by atoms with Gasteiger partial charge in [-0.25, -0.2) is 0 Å². The Morgan fingerprint density at radius 1 is 1.62 bits per heavy atom. The van der Waals surface area contributed by atoms with Gasteiger partial charge < -0.3 is 4.90 Å². The Kier molecular flexibility index (Phi) is 2.61. The predicted octanol–water partition coefficient (Wildman–Crippen LogP) is 1.74. The molecule has 0 atom stereocenters. The van der Waals surface area contributed by atoms with Crippen LogP contribution in [0.2, 0.25) is 0 Å². The fourth-order valence-electron chi connectivity index (χ4n) is 1.89. The average Bonchev–Trinajstić information content (AvgIpc) is 2.28. The second-order valence-corrected chi connectivity index (χ2v) is 4.12. The molecule has 1 heterocycles. The molecule has 82 valence electrons. The largest absolute Gasteiger partial charge is 0.313 e. The molecule has 1 amide bonds. The van der Waals surface area contributed by atoms with E-state index in [0.29, 0.717) is 12.8 Å². The zero-order chi connectivity index (χ0) is 11.6. The highest BCUT2D eigenvalue weighted by molar-refractivity contribution is 5.99. The van der Waals surface area contributed by atoms with Crippen LogP contribution in [-0.2, 0) is 4.79 Å². The summed E-state index contributed by atoms with van der Waals surface area (Å²) in [4.78, 5) is 17.6. The van der Waals surface area contributed by atoms with E-state index in [4.69, 9.17) is 5.26 Å². The Morgan fingerprint density at radius 3 is 2.81 bits per heavy atom. The van der Waals surface area contributed by atoms with E-state index >= 15 is 0 Å². The third-order valence-electron chi connectivity index (χ3n) is 3.17. The van der Waals surface area contributed by atoms with Gasteiger partial charge in [0.1, 0.15) is 5.41 Å². The third kappa shape index (κ3) is 1.54. The standard InChI is InChI=1S/C12H13N3O/c1-15(10-4-2-7-14-8-10)11(16)12(9-13)5-3-6-12/h2,4,7-8H,3,5-6H2,1H3. The first-order valence-electron chi connectivity index (χ1n) is 5.29. The molecule has 4 heteroatoms. The van der Waals surface area contributed by atoms with E-state index in [1.54, 1.807) is 25.5 Å². The lowest BCUT2D eigenvalue weighted by atomic mass is 9.69. The Morgan fingerprint density at radius 2 is 2.38 bits per heavy atom. The molecule has 1 saturated carbocycles. The first kappa shape index (κ1) is 10.6. The van der Waals surface area contributed by atoms with Crippen LogP contribution in [0.15, 0.2) is 24.5 Å². The highest BCUT2D eigenvalue weighted by Gasteiger charge is 2.46. The number of aromatic nitrogens is 1. The number of nitrogens with zero attached hydrogens (tertiary/aromatic N) is 3. The van der Waals surface area contributed by atoms with Gasteiger partial charge in [-0.05, 0) is 31.4 Å². The van der Waals surface area contributed by atoms with E-state index in [-0.39, 0.29) is 5.91 Å². The van der Waals surface area contributed by atoms with Gasteiger partial charge in [-0.1, -0.05) is 0 Å². The first-order chi connectivity index (χ1) is 7.69. The Bertz CT molecular complexity index is 431. The van der Waals surface area contributed by atoms with Gasteiger partial charge in [-0.3, -0.25) is 9.78 Å². The summed E-state index contributed by atoms with van der Waals surface area (Å²) in [5.41, 5.74) is -0.0565. The Labute approximate surface area is 94.5 Å². The summed E-state index contributed by atoms with van der Waals surface area (Å²) in [6.45, 7) is 0. The van der Waals surface area contributed by atoms with Crippen molar-refractivity contribution in [1.82, 2.24) is 4.98 Å². The van der Waals surface area contributed by atoms with Crippen LogP contribution < -0.4 is 4.90 Å². The molecule has 1 aromatic rings. The number of nitriles is 1. The molecule has 0 spiro atoms. The van der Waals surface area contributed by atoms with Gasteiger partial charge in [0.25, 0.3) is 0 Å². The summed E-state index contributed by atoms with van der Waals surface area (Å²) in [6, 6.07) is 5.74. The molecule has 1 aliphatic carbocycles. The van der Waals surface area contributed by atoms with Gasteiger partial charge in [0.05, 0.1) is 18.0 Å². The van der Waals surface area contributed by atoms with Crippen molar-refractivity contribution in [3.63, 3.8) is 0 Å². The van der Waals surface area contributed by atoms with Gasteiger partial charge >= 0.3 is 0 Å². The average molecular weight is 215 g/mol. The summed E-state index contributed by atoms with van der Waals surface area (Å²) in [7, 11) is 1.69. The summed E-state index contributed by atoms with van der Waals surface area (Å²) >= 11 is 0. The van der Waals surface area contributed by atoms with Gasteiger partial charge in [-0.15, -0.1) is 0 Å². The van der Waals surface area contributed by atoms with Crippen LogP contribution in [0.25, 0.3) is 0 Å². The zero-order valence-electron chi connectivity index (χ0n) is 9.18. The highest BCUT2D eigenvalue weighted by Crippen LogP contribution is 2.42. The maximum Gasteiger partial charge on any atom is 0.247 e. The molecule has 2 rings (SSSR count). The molecule has 1 fully saturated rings. The van der Waals surface area contributed by atoms with Crippen molar-refractivity contribution in [2.45, 2.75) is 19.3 Å². The number of amides is 1. The third-order valence-corrected chi connectivity index (χ3v) is 3.17. The van der Waals surface area contributed by atoms with Crippen LogP contribution in [0.1, 0.15) is 19.3 Å².